The Morgan fingerprint density at radius 2 is 1.63 bits per heavy atom. The Bertz CT molecular complexity index is 876. The highest BCUT2D eigenvalue weighted by Crippen LogP contribution is 2.41. The average Bonchev–Trinajstić information content (AvgIpc) is 2.77. The van der Waals surface area contributed by atoms with Crippen LogP contribution in [-0.2, 0) is 5.92 Å². The maximum atomic E-state index is 14.2. The lowest BCUT2D eigenvalue weighted by Crippen LogP contribution is -2.32. The van der Waals surface area contributed by atoms with Gasteiger partial charge in [-0.05, 0) is 71.9 Å². The van der Waals surface area contributed by atoms with Crippen LogP contribution in [0.1, 0.15) is 80.9 Å². The lowest BCUT2D eigenvalue weighted by atomic mass is 9.77. The van der Waals surface area contributed by atoms with E-state index in [0.29, 0.717) is 11.5 Å². The molecule has 0 spiro atoms. The molecule has 30 heavy (non-hydrogen) atoms. The van der Waals surface area contributed by atoms with E-state index in [1.54, 1.807) is 18.2 Å². The highest BCUT2D eigenvalue weighted by atomic mass is 19.3. The van der Waals surface area contributed by atoms with Crippen LogP contribution in [0, 0.1) is 5.92 Å². The summed E-state index contributed by atoms with van der Waals surface area (Å²) in [7, 11) is 0. The van der Waals surface area contributed by atoms with Crippen molar-refractivity contribution in [3.63, 3.8) is 0 Å². The van der Waals surface area contributed by atoms with Crippen molar-refractivity contribution in [2.75, 3.05) is 0 Å². The van der Waals surface area contributed by atoms with Gasteiger partial charge in [0.15, 0.2) is 0 Å². The van der Waals surface area contributed by atoms with E-state index in [-0.39, 0.29) is 5.56 Å². The summed E-state index contributed by atoms with van der Waals surface area (Å²) in [5.41, 5.74) is 3.74. The smallest absolute Gasteiger partial charge is 0.302 e. The molecule has 0 radical (unpaired) electrons. The van der Waals surface area contributed by atoms with Crippen LogP contribution >= 0.6 is 0 Å². The van der Waals surface area contributed by atoms with Gasteiger partial charge in [0.25, 0.3) is 0 Å². The van der Waals surface area contributed by atoms with Gasteiger partial charge in [-0.15, -0.1) is 0 Å². The molecule has 2 aromatic carbocycles. The normalized spacial score (nSPS) is 25.1. The van der Waals surface area contributed by atoms with Crippen LogP contribution in [0.4, 0.5) is 8.78 Å². The number of unbranched alkanes of at least 4 members (excludes halogenated alkanes) is 2. The van der Waals surface area contributed by atoms with Crippen LogP contribution in [-0.4, -0.2) is 11.2 Å². The molecule has 2 aliphatic rings. The van der Waals surface area contributed by atoms with E-state index in [1.165, 1.54) is 69.1 Å². The molecule has 3 heteroatoms. The van der Waals surface area contributed by atoms with Gasteiger partial charge >= 0.3 is 5.92 Å². The van der Waals surface area contributed by atoms with Gasteiger partial charge in [0.05, 0.1) is 0 Å². The summed E-state index contributed by atoms with van der Waals surface area (Å²) in [5.74, 6) is -1.68. The van der Waals surface area contributed by atoms with Crippen LogP contribution in [0.15, 0.2) is 48.5 Å². The van der Waals surface area contributed by atoms with E-state index in [4.69, 9.17) is 0 Å². The maximum Gasteiger partial charge on any atom is 0.302 e. The fourth-order valence-corrected chi connectivity index (χ4v) is 5.07. The monoisotopic (exact) mass is 410 g/mol. The van der Waals surface area contributed by atoms with Crippen LogP contribution in [0.3, 0.4) is 0 Å². The number of rotatable bonds is 6. The zero-order valence-corrected chi connectivity index (χ0v) is 17.8. The summed E-state index contributed by atoms with van der Waals surface area (Å²) < 4.78 is 28.4. The SMILES string of the molecule is CCCCCC1CCC(c2ccc(-c3ccc4c(c3)C=CC(O)C4(F)F)cc2)CC1. The molecule has 1 nitrogen and oxygen atoms in total. The van der Waals surface area contributed by atoms with Gasteiger partial charge < -0.3 is 5.11 Å². The molecule has 0 aliphatic heterocycles. The number of hydrogen-bond acceptors (Lipinski definition) is 1. The molecule has 0 saturated heterocycles. The summed E-state index contributed by atoms with van der Waals surface area (Å²) in [6, 6.07) is 13.6. The molecule has 0 amide bonds. The number of benzene rings is 2. The number of halogens is 2. The van der Waals surface area contributed by atoms with Gasteiger partial charge in [0.2, 0.25) is 0 Å². The Kier molecular flexibility index (Phi) is 6.38. The van der Waals surface area contributed by atoms with Crippen molar-refractivity contribution in [3.8, 4) is 11.1 Å². The second-order valence-corrected chi connectivity index (χ2v) is 9.06. The molecule has 1 saturated carbocycles. The third-order valence-corrected chi connectivity index (χ3v) is 7.02. The number of aliphatic hydroxyl groups excluding tert-OH is 1. The first-order valence-corrected chi connectivity index (χ1v) is 11.5. The number of fused-ring (bicyclic) bond motifs is 1. The summed E-state index contributed by atoms with van der Waals surface area (Å²) in [5, 5.41) is 9.56. The van der Waals surface area contributed by atoms with Crippen molar-refractivity contribution in [1.82, 2.24) is 0 Å². The van der Waals surface area contributed by atoms with Crippen molar-refractivity contribution in [2.24, 2.45) is 5.92 Å². The summed E-state index contributed by atoms with van der Waals surface area (Å²) >= 11 is 0. The van der Waals surface area contributed by atoms with Gasteiger partial charge in [-0.3, -0.25) is 0 Å². The van der Waals surface area contributed by atoms with E-state index in [2.05, 4.69) is 31.2 Å². The highest BCUT2D eigenvalue weighted by molar-refractivity contribution is 5.71. The molecule has 2 aliphatic carbocycles. The first kappa shape index (κ1) is 21.2. The fraction of sp³-hybridized carbons (Fsp3) is 0.481. The van der Waals surface area contributed by atoms with Crippen molar-refractivity contribution in [3.05, 3.63) is 65.2 Å². The van der Waals surface area contributed by atoms with E-state index >= 15 is 0 Å². The van der Waals surface area contributed by atoms with Crippen LogP contribution in [0.2, 0.25) is 0 Å². The van der Waals surface area contributed by atoms with Crippen LogP contribution < -0.4 is 0 Å². The van der Waals surface area contributed by atoms with Gasteiger partial charge in [0, 0.05) is 5.56 Å². The predicted molar refractivity (Wildman–Crippen MR) is 120 cm³/mol. The largest absolute Gasteiger partial charge is 0.382 e. The second-order valence-electron chi connectivity index (χ2n) is 9.06. The van der Waals surface area contributed by atoms with E-state index in [9.17, 15) is 13.9 Å². The molecule has 1 N–H and O–H groups in total. The van der Waals surface area contributed by atoms with Gasteiger partial charge in [-0.25, -0.2) is 0 Å². The van der Waals surface area contributed by atoms with E-state index < -0.39 is 12.0 Å². The molecule has 0 bridgehead atoms. The maximum absolute atomic E-state index is 14.2. The Balaban J connectivity index is 1.42. The number of alkyl halides is 2. The van der Waals surface area contributed by atoms with Crippen molar-refractivity contribution < 1.29 is 13.9 Å². The molecule has 4 rings (SSSR count). The zero-order valence-electron chi connectivity index (χ0n) is 17.8. The van der Waals surface area contributed by atoms with E-state index in [1.807, 2.05) is 0 Å². The second kappa shape index (κ2) is 9.01. The van der Waals surface area contributed by atoms with Crippen LogP contribution in [0.5, 0.6) is 0 Å². The van der Waals surface area contributed by atoms with Gasteiger partial charge in [-0.2, -0.15) is 8.78 Å². The molecule has 160 valence electrons. The minimum Gasteiger partial charge on any atom is -0.382 e. The molecule has 1 unspecified atom stereocenters. The Morgan fingerprint density at radius 1 is 0.933 bits per heavy atom. The Hall–Kier alpha value is -2.00. The highest BCUT2D eigenvalue weighted by Gasteiger charge is 2.42. The van der Waals surface area contributed by atoms with Crippen molar-refractivity contribution in [2.45, 2.75) is 76.2 Å². The molecule has 0 heterocycles. The standard InChI is InChI=1S/C27H32F2O/c1-2-3-4-5-19-6-8-20(9-7-19)21-10-12-22(13-11-21)23-14-16-25-24(18-23)15-17-26(30)27(25,28)29/h10-20,26,30H,2-9H2,1H3. The number of aliphatic hydroxyl groups is 1. The van der Waals surface area contributed by atoms with E-state index in [0.717, 1.165) is 17.0 Å². The molecule has 1 atom stereocenters. The van der Waals surface area contributed by atoms with Crippen LogP contribution in [0.25, 0.3) is 17.2 Å². The summed E-state index contributed by atoms with van der Waals surface area (Å²) in [4.78, 5) is 0. The topological polar surface area (TPSA) is 20.2 Å². The third kappa shape index (κ3) is 4.37. The first-order chi connectivity index (χ1) is 14.5. The zero-order chi connectivity index (χ0) is 21.1. The third-order valence-electron chi connectivity index (χ3n) is 7.02. The van der Waals surface area contributed by atoms with Gasteiger partial charge in [-0.1, -0.05) is 75.1 Å². The molecule has 0 aromatic heterocycles. The quantitative estimate of drug-likeness (QED) is 0.484. The van der Waals surface area contributed by atoms with Crippen molar-refractivity contribution >= 4 is 6.08 Å². The molecule has 2 aromatic rings. The Morgan fingerprint density at radius 3 is 2.33 bits per heavy atom. The first-order valence-electron chi connectivity index (χ1n) is 11.5. The molecular weight excluding hydrogens is 378 g/mol. The van der Waals surface area contributed by atoms with Crippen molar-refractivity contribution in [1.29, 1.82) is 0 Å². The average molecular weight is 411 g/mol. The van der Waals surface area contributed by atoms with Gasteiger partial charge in [0.1, 0.15) is 6.10 Å². The summed E-state index contributed by atoms with van der Waals surface area (Å²) in [6.07, 6.45) is 11.7. The minimum absolute atomic E-state index is 0.103. The molecular formula is C27H32F2O. The lowest BCUT2D eigenvalue weighted by Gasteiger charge is -2.29. The minimum atomic E-state index is -3.23. The Labute approximate surface area is 178 Å². The molecule has 1 fully saturated rings. The summed E-state index contributed by atoms with van der Waals surface area (Å²) in [6.45, 7) is 2.26. The number of hydrogen-bond donors (Lipinski definition) is 1. The fourth-order valence-electron chi connectivity index (χ4n) is 5.07. The predicted octanol–water partition coefficient (Wildman–Crippen LogP) is 7.69. The lowest BCUT2D eigenvalue weighted by molar-refractivity contribution is -0.0939.